The van der Waals surface area contributed by atoms with Crippen molar-refractivity contribution in [3.63, 3.8) is 0 Å². The molecule has 3 aromatic rings. The second-order valence-corrected chi connectivity index (χ2v) is 11.4. The Kier molecular flexibility index (Phi) is 6.97. The molecule has 0 nitrogen and oxygen atoms in total. The summed E-state index contributed by atoms with van der Waals surface area (Å²) in [6.45, 7) is 2.27. The second-order valence-electron chi connectivity index (χ2n) is 10.2. The van der Waals surface area contributed by atoms with Gasteiger partial charge in [-0.2, -0.15) is 0 Å². The summed E-state index contributed by atoms with van der Waals surface area (Å²) >= 11 is 1.62. The van der Waals surface area contributed by atoms with E-state index in [4.69, 9.17) is 0 Å². The first-order valence-electron chi connectivity index (χ1n) is 12.8. The van der Waals surface area contributed by atoms with Gasteiger partial charge in [-0.1, -0.05) is 69.4 Å². The zero-order chi connectivity index (χ0) is 22.8. The second kappa shape index (κ2) is 10.1. The van der Waals surface area contributed by atoms with Crippen LogP contribution in [-0.2, 0) is 6.42 Å². The van der Waals surface area contributed by atoms with Crippen molar-refractivity contribution in [2.24, 2.45) is 11.8 Å². The smallest absolute Gasteiger partial charge is 0.168 e. The third kappa shape index (κ3) is 4.94. The Morgan fingerprint density at radius 2 is 1.48 bits per heavy atom. The Hall–Kier alpha value is -2.00. The van der Waals surface area contributed by atoms with E-state index >= 15 is 8.78 Å². The van der Waals surface area contributed by atoms with Crippen molar-refractivity contribution in [3.05, 3.63) is 70.6 Å². The fourth-order valence-electron chi connectivity index (χ4n) is 6.11. The molecule has 2 saturated carbocycles. The summed E-state index contributed by atoms with van der Waals surface area (Å²) in [5.74, 6) is 0.770. The third-order valence-corrected chi connectivity index (χ3v) is 9.04. The van der Waals surface area contributed by atoms with E-state index in [1.807, 2.05) is 18.2 Å². The molecule has 0 radical (unpaired) electrons. The van der Waals surface area contributed by atoms with Gasteiger partial charge < -0.3 is 0 Å². The Morgan fingerprint density at radius 3 is 2.24 bits per heavy atom. The lowest BCUT2D eigenvalue weighted by Crippen LogP contribution is -1.99. The maximum atomic E-state index is 15.1. The molecule has 2 aliphatic rings. The van der Waals surface area contributed by atoms with Gasteiger partial charge in [0.2, 0.25) is 0 Å². The van der Waals surface area contributed by atoms with Crippen molar-refractivity contribution >= 4 is 11.3 Å². The summed E-state index contributed by atoms with van der Waals surface area (Å²) in [5.41, 5.74) is 2.79. The lowest BCUT2D eigenvalue weighted by Gasteiger charge is -2.12. The van der Waals surface area contributed by atoms with Crippen molar-refractivity contribution in [2.75, 3.05) is 0 Å². The molecule has 174 valence electrons. The van der Waals surface area contributed by atoms with Crippen molar-refractivity contribution in [1.29, 1.82) is 0 Å². The van der Waals surface area contributed by atoms with Crippen LogP contribution < -0.4 is 0 Å². The summed E-state index contributed by atoms with van der Waals surface area (Å²) in [5, 5.41) is 0. The van der Waals surface area contributed by atoms with Crippen molar-refractivity contribution in [2.45, 2.75) is 77.0 Å². The van der Waals surface area contributed by atoms with Crippen LogP contribution in [0.3, 0.4) is 0 Å². The maximum Gasteiger partial charge on any atom is 0.168 e. The van der Waals surface area contributed by atoms with Crippen molar-refractivity contribution in [3.8, 4) is 21.6 Å². The molecule has 0 aliphatic heterocycles. The first kappa shape index (κ1) is 22.8. The zero-order valence-electron chi connectivity index (χ0n) is 19.6. The minimum atomic E-state index is -0.741. The van der Waals surface area contributed by atoms with Gasteiger partial charge in [-0.25, -0.2) is 8.78 Å². The lowest BCUT2D eigenvalue weighted by atomic mass is 9.94. The highest BCUT2D eigenvalue weighted by atomic mass is 32.1. The number of benzene rings is 2. The zero-order valence-corrected chi connectivity index (χ0v) is 20.4. The van der Waals surface area contributed by atoms with E-state index in [9.17, 15) is 0 Å². The number of halogens is 2. The van der Waals surface area contributed by atoms with Crippen LogP contribution in [0, 0.1) is 23.5 Å². The number of hydrogen-bond donors (Lipinski definition) is 0. The molecule has 5 rings (SSSR count). The van der Waals surface area contributed by atoms with Gasteiger partial charge in [0.15, 0.2) is 11.6 Å². The van der Waals surface area contributed by atoms with Crippen LogP contribution in [-0.4, -0.2) is 0 Å². The fraction of sp³-hybridized carbons (Fsp3) is 0.467. The molecule has 1 aromatic heterocycles. The highest BCUT2D eigenvalue weighted by molar-refractivity contribution is 7.15. The first-order chi connectivity index (χ1) is 16.1. The van der Waals surface area contributed by atoms with Crippen LogP contribution in [0.4, 0.5) is 8.78 Å². The quantitative estimate of drug-likeness (QED) is 0.326. The van der Waals surface area contributed by atoms with Crippen LogP contribution in [0.15, 0.2) is 48.5 Å². The number of hydrogen-bond acceptors (Lipinski definition) is 1. The summed E-state index contributed by atoms with van der Waals surface area (Å²) in [4.78, 5) is 2.12. The average molecular weight is 465 g/mol. The average Bonchev–Trinajstić information content (AvgIpc) is 3.59. The summed E-state index contributed by atoms with van der Waals surface area (Å²) < 4.78 is 30.3. The van der Waals surface area contributed by atoms with Crippen LogP contribution in [0.5, 0.6) is 0 Å². The minimum absolute atomic E-state index is 0.346. The molecule has 0 saturated heterocycles. The van der Waals surface area contributed by atoms with E-state index < -0.39 is 11.6 Å². The molecule has 2 atom stereocenters. The minimum Gasteiger partial charge on any atom is -0.203 e. The van der Waals surface area contributed by atoms with Crippen molar-refractivity contribution in [1.82, 2.24) is 0 Å². The van der Waals surface area contributed by atoms with Gasteiger partial charge in [0.05, 0.1) is 0 Å². The molecular weight excluding hydrogens is 430 g/mol. The van der Waals surface area contributed by atoms with Crippen LogP contribution in [0.25, 0.3) is 21.6 Å². The Bertz CT molecular complexity index is 1080. The summed E-state index contributed by atoms with van der Waals surface area (Å²) in [6.07, 6.45) is 12.7. The van der Waals surface area contributed by atoms with Crippen LogP contribution >= 0.6 is 11.3 Å². The Labute approximate surface area is 201 Å². The largest absolute Gasteiger partial charge is 0.203 e. The molecule has 2 unspecified atom stereocenters. The summed E-state index contributed by atoms with van der Waals surface area (Å²) in [6, 6.07) is 15.6. The Balaban J connectivity index is 1.31. The monoisotopic (exact) mass is 464 g/mol. The highest BCUT2D eigenvalue weighted by Crippen LogP contribution is 2.40. The molecule has 0 bridgehead atoms. The predicted molar refractivity (Wildman–Crippen MR) is 136 cm³/mol. The molecule has 2 aromatic carbocycles. The standard InChI is InChI=1S/C30H34F2S/c1-2-5-20-8-9-21(18-20)19-25-14-17-28(33-25)27-16-15-26(29(31)30(27)32)24-12-10-23(11-13-24)22-6-3-4-7-22/h10-17,20-22H,2-9,18-19H2,1H3. The molecule has 1 heterocycles. The van der Waals surface area contributed by atoms with E-state index in [0.29, 0.717) is 17.0 Å². The van der Waals surface area contributed by atoms with E-state index in [2.05, 4.69) is 25.1 Å². The molecule has 2 aliphatic carbocycles. The van der Waals surface area contributed by atoms with Crippen LogP contribution in [0.1, 0.15) is 81.1 Å². The normalized spacial score (nSPS) is 21.2. The van der Waals surface area contributed by atoms with E-state index in [-0.39, 0.29) is 0 Å². The fourth-order valence-corrected chi connectivity index (χ4v) is 7.25. The maximum absolute atomic E-state index is 15.1. The van der Waals surface area contributed by atoms with E-state index in [0.717, 1.165) is 28.7 Å². The van der Waals surface area contributed by atoms with E-state index in [1.165, 1.54) is 68.2 Å². The molecule has 3 heteroatoms. The van der Waals surface area contributed by atoms with Gasteiger partial charge in [0.25, 0.3) is 0 Å². The highest BCUT2D eigenvalue weighted by Gasteiger charge is 2.25. The Morgan fingerprint density at radius 1 is 0.788 bits per heavy atom. The van der Waals surface area contributed by atoms with E-state index in [1.54, 1.807) is 23.5 Å². The van der Waals surface area contributed by atoms with Gasteiger partial charge in [-0.15, -0.1) is 11.3 Å². The lowest BCUT2D eigenvalue weighted by molar-refractivity contribution is 0.460. The van der Waals surface area contributed by atoms with Gasteiger partial charge in [-0.05, 0) is 79.2 Å². The first-order valence-corrected chi connectivity index (χ1v) is 13.6. The van der Waals surface area contributed by atoms with Gasteiger partial charge in [0.1, 0.15) is 0 Å². The molecule has 0 N–H and O–H groups in total. The number of rotatable bonds is 7. The van der Waals surface area contributed by atoms with Gasteiger partial charge in [-0.3, -0.25) is 0 Å². The third-order valence-electron chi connectivity index (χ3n) is 7.89. The van der Waals surface area contributed by atoms with Crippen LogP contribution in [0.2, 0.25) is 0 Å². The van der Waals surface area contributed by atoms with Gasteiger partial charge in [0, 0.05) is 20.9 Å². The summed E-state index contributed by atoms with van der Waals surface area (Å²) in [7, 11) is 0. The number of thiophene rings is 1. The topological polar surface area (TPSA) is 0 Å². The molecule has 0 spiro atoms. The molecule has 0 amide bonds. The molecular formula is C30H34F2S. The van der Waals surface area contributed by atoms with Crippen molar-refractivity contribution < 1.29 is 8.78 Å². The SMILES string of the molecule is CCCC1CCC(Cc2ccc(-c3ccc(-c4ccc(C5CCCC5)cc4)c(F)c3F)s2)C1. The molecule has 33 heavy (non-hydrogen) atoms. The molecule has 2 fully saturated rings. The van der Waals surface area contributed by atoms with Gasteiger partial charge >= 0.3 is 0 Å². The predicted octanol–water partition coefficient (Wildman–Crippen LogP) is 9.78.